The number of amides is 1. The summed E-state index contributed by atoms with van der Waals surface area (Å²) in [4.78, 5) is 32.8. The highest BCUT2D eigenvalue weighted by atomic mass is 19.1. The highest BCUT2D eigenvalue weighted by molar-refractivity contribution is 5.79. The zero-order valence-electron chi connectivity index (χ0n) is 17.9. The molecule has 0 bridgehead atoms. The van der Waals surface area contributed by atoms with Gasteiger partial charge in [-0.05, 0) is 56.2 Å². The van der Waals surface area contributed by atoms with Crippen molar-refractivity contribution in [2.45, 2.75) is 69.4 Å². The van der Waals surface area contributed by atoms with Crippen molar-refractivity contribution in [2.75, 3.05) is 7.11 Å². The Morgan fingerprint density at radius 3 is 2.52 bits per heavy atom. The van der Waals surface area contributed by atoms with E-state index in [1.807, 2.05) is 0 Å². The van der Waals surface area contributed by atoms with Crippen LogP contribution in [-0.2, 0) is 16.0 Å². The summed E-state index contributed by atoms with van der Waals surface area (Å²) in [6.45, 7) is 0. The molecule has 0 unspecified atom stereocenters. The van der Waals surface area contributed by atoms with Gasteiger partial charge in [-0.2, -0.15) is 0 Å². The maximum Gasteiger partial charge on any atom is 0.251 e. The van der Waals surface area contributed by atoms with Crippen LogP contribution >= 0.6 is 0 Å². The van der Waals surface area contributed by atoms with Crippen LogP contribution in [0.15, 0.2) is 35.1 Å². The highest BCUT2D eigenvalue weighted by Crippen LogP contribution is 2.34. The van der Waals surface area contributed by atoms with Gasteiger partial charge in [0.05, 0.1) is 17.8 Å². The summed E-state index contributed by atoms with van der Waals surface area (Å²) in [5.74, 6) is 0.645. The second-order valence-electron chi connectivity index (χ2n) is 8.78. The Labute approximate surface area is 181 Å². The van der Waals surface area contributed by atoms with Crippen LogP contribution in [-0.4, -0.2) is 29.1 Å². The number of benzene rings is 1. The molecule has 0 radical (unpaired) electrons. The molecule has 2 aliphatic rings. The largest absolute Gasteiger partial charge is 0.381 e. The van der Waals surface area contributed by atoms with E-state index in [9.17, 15) is 14.0 Å². The molecule has 2 aromatic rings. The van der Waals surface area contributed by atoms with Gasteiger partial charge in [-0.25, -0.2) is 9.37 Å². The molecule has 4 rings (SSSR count). The van der Waals surface area contributed by atoms with Crippen molar-refractivity contribution in [3.8, 4) is 0 Å². The topological polar surface area (TPSA) is 84.1 Å². The van der Waals surface area contributed by atoms with Crippen molar-refractivity contribution in [3.05, 3.63) is 63.6 Å². The lowest BCUT2D eigenvalue weighted by Crippen LogP contribution is -2.37. The van der Waals surface area contributed by atoms with Crippen LogP contribution in [0, 0.1) is 11.7 Å². The molecule has 1 heterocycles. The van der Waals surface area contributed by atoms with E-state index in [4.69, 9.17) is 4.74 Å². The smallest absolute Gasteiger partial charge is 0.251 e. The molecule has 166 valence electrons. The van der Waals surface area contributed by atoms with Crippen molar-refractivity contribution < 1.29 is 13.9 Å². The number of carbonyl (C=O) groups is 1. The van der Waals surface area contributed by atoms with E-state index >= 15 is 0 Å². The Balaban J connectivity index is 1.52. The molecule has 2 saturated carbocycles. The van der Waals surface area contributed by atoms with E-state index in [-0.39, 0.29) is 35.3 Å². The van der Waals surface area contributed by atoms with Crippen LogP contribution in [0.4, 0.5) is 4.39 Å². The second kappa shape index (κ2) is 9.73. The van der Waals surface area contributed by atoms with Crippen molar-refractivity contribution in [2.24, 2.45) is 5.92 Å². The lowest BCUT2D eigenvalue weighted by Gasteiger charge is -2.29. The third kappa shape index (κ3) is 5.39. The first kappa shape index (κ1) is 21.7. The molecule has 1 aromatic heterocycles. The Hall–Kier alpha value is -2.54. The van der Waals surface area contributed by atoms with Crippen molar-refractivity contribution >= 4 is 5.91 Å². The summed E-state index contributed by atoms with van der Waals surface area (Å²) in [6, 6.07) is 7.27. The summed E-state index contributed by atoms with van der Waals surface area (Å²) in [6.07, 6.45) is 7.15. The SMILES string of the molecule is COC1CCC(C(=O)N[C@H](Cc2cc(=O)[nH]c(C3CCC3)n2)c2ccc(F)cc2)CC1. The van der Waals surface area contributed by atoms with Crippen LogP contribution in [0.2, 0.25) is 0 Å². The molecule has 7 heteroatoms. The van der Waals surface area contributed by atoms with Gasteiger partial charge in [0, 0.05) is 31.4 Å². The molecular weight excluding hydrogens is 397 g/mol. The van der Waals surface area contributed by atoms with Gasteiger partial charge >= 0.3 is 0 Å². The zero-order chi connectivity index (χ0) is 21.8. The van der Waals surface area contributed by atoms with E-state index in [1.54, 1.807) is 19.2 Å². The number of carbonyl (C=O) groups excluding carboxylic acids is 1. The summed E-state index contributed by atoms with van der Waals surface area (Å²) in [5.41, 5.74) is 1.27. The predicted octanol–water partition coefficient (Wildman–Crippen LogP) is 3.78. The molecule has 0 aliphatic heterocycles. The van der Waals surface area contributed by atoms with Gasteiger partial charge in [-0.15, -0.1) is 0 Å². The van der Waals surface area contributed by atoms with Gasteiger partial charge in [0.1, 0.15) is 11.6 Å². The standard InChI is InChI=1S/C24H30FN3O3/c1-31-20-11-7-17(8-12-20)24(30)27-21(15-5-9-18(25)10-6-15)13-19-14-22(29)28-23(26-19)16-3-2-4-16/h5-6,9-10,14,16-17,20-21H,2-4,7-8,11-13H2,1H3,(H,27,30)(H,26,28,29)/t17?,20?,21-/m1/s1. The number of nitrogens with one attached hydrogen (secondary N) is 2. The van der Waals surface area contributed by atoms with Gasteiger partial charge in [0.25, 0.3) is 5.56 Å². The van der Waals surface area contributed by atoms with E-state index in [1.165, 1.54) is 18.2 Å². The predicted molar refractivity (Wildman–Crippen MR) is 115 cm³/mol. The average Bonchev–Trinajstić information content (AvgIpc) is 2.72. The van der Waals surface area contributed by atoms with Crippen LogP contribution in [0.25, 0.3) is 0 Å². The highest BCUT2D eigenvalue weighted by Gasteiger charge is 2.28. The number of ether oxygens (including phenoxy) is 1. The van der Waals surface area contributed by atoms with E-state index in [2.05, 4.69) is 15.3 Å². The Bertz CT molecular complexity index is 947. The second-order valence-corrected chi connectivity index (χ2v) is 8.78. The Morgan fingerprint density at radius 2 is 1.90 bits per heavy atom. The first-order valence-corrected chi connectivity index (χ1v) is 11.2. The number of nitrogens with zero attached hydrogens (tertiary/aromatic N) is 1. The number of rotatable bonds is 7. The van der Waals surface area contributed by atoms with E-state index in [0.29, 0.717) is 18.0 Å². The molecule has 2 fully saturated rings. The Morgan fingerprint density at radius 1 is 1.19 bits per heavy atom. The van der Waals surface area contributed by atoms with Gasteiger partial charge < -0.3 is 15.0 Å². The Kier molecular flexibility index (Phi) is 6.80. The van der Waals surface area contributed by atoms with E-state index in [0.717, 1.165) is 56.3 Å². The molecule has 0 spiro atoms. The molecule has 31 heavy (non-hydrogen) atoms. The number of H-pyrrole nitrogens is 1. The maximum atomic E-state index is 13.5. The molecule has 2 aliphatic carbocycles. The minimum atomic E-state index is -0.378. The minimum absolute atomic E-state index is 0.00654. The fourth-order valence-corrected chi connectivity index (χ4v) is 4.51. The zero-order valence-corrected chi connectivity index (χ0v) is 17.9. The number of hydrogen-bond donors (Lipinski definition) is 2. The molecule has 1 amide bonds. The van der Waals surface area contributed by atoms with Gasteiger partial charge in [0.2, 0.25) is 5.91 Å². The molecule has 1 aromatic carbocycles. The fraction of sp³-hybridized carbons (Fsp3) is 0.542. The van der Waals surface area contributed by atoms with Crippen LogP contribution in [0.5, 0.6) is 0 Å². The van der Waals surface area contributed by atoms with Crippen molar-refractivity contribution in [1.82, 2.24) is 15.3 Å². The number of hydrogen-bond acceptors (Lipinski definition) is 4. The van der Waals surface area contributed by atoms with E-state index < -0.39 is 0 Å². The monoisotopic (exact) mass is 427 g/mol. The molecule has 6 nitrogen and oxygen atoms in total. The molecule has 0 saturated heterocycles. The van der Waals surface area contributed by atoms with Gasteiger partial charge in [-0.3, -0.25) is 9.59 Å². The van der Waals surface area contributed by atoms with Crippen LogP contribution in [0.1, 0.15) is 74.0 Å². The number of methoxy groups -OCH3 is 1. The van der Waals surface area contributed by atoms with Crippen molar-refractivity contribution in [3.63, 3.8) is 0 Å². The molecule has 2 N–H and O–H groups in total. The van der Waals surface area contributed by atoms with Crippen LogP contribution < -0.4 is 10.9 Å². The third-order valence-electron chi connectivity index (χ3n) is 6.69. The van der Waals surface area contributed by atoms with Gasteiger partial charge in [0.15, 0.2) is 0 Å². The van der Waals surface area contributed by atoms with Crippen molar-refractivity contribution in [1.29, 1.82) is 0 Å². The van der Waals surface area contributed by atoms with Gasteiger partial charge in [-0.1, -0.05) is 18.6 Å². The molecular formula is C24H30FN3O3. The summed E-state index contributed by atoms with van der Waals surface area (Å²) in [5, 5.41) is 3.15. The number of halogens is 1. The number of aromatic nitrogens is 2. The maximum absolute atomic E-state index is 13.5. The lowest BCUT2D eigenvalue weighted by atomic mass is 9.84. The molecule has 1 atom stereocenters. The fourth-order valence-electron chi connectivity index (χ4n) is 4.51. The lowest BCUT2D eigenvalue weighted by molar-refractivity contribution is -0.127. The first-order valence-electron chi connectivity index (χ1n) is 11.2. The normalized spacial score (nSPS) is 22.5. The first-order chi connectivity index (χ1) is 15.0. The average molecular weight is 428 g/mol. The summed E-state index contributed by atoms with van der Waals surface area (Å²) < 4.78 is 18.9. The number of aromatic amines is 1. The minimum Gasteiger partial charge on any atom is -0.381 e. The quantitative estimate of drug-likeness (QED) is 0.704. The summed E-state index contributed by atoms with van der Waals surface area (Å²) in [7, 11) is 1.71. The third-order valence-corrected chi connectivity index (χ3v) is 6.69. The van der Waals surface area contributed by atoms with Crippen LogP contribution in [0.3, 0.4) is 0 Å². The summed E-state index contributed by atoms with van der Waals surface area (Å²) >= 11 is 0.